The summed E-state index contributed by atoms with van der Waals surface area (Å²) >= 11 is 7.14. The Morgan fingerprint density at radius 3 is 1.50 bits per heavy atom. The van der Waals surface area contributed by atoms with Crippen LogP contribution in [0.4, 0.5) is 0 Å². The van der Waals surface area contributed by atoms with E-state index in [9.17, 15) is 0 Å². The lowest BCUT2D eigenvalue weighted by Crippen LogP contribution is -2.22. The van der Waals surface area contributed by atoms with E-state index < -0.39 is 0 Å². The molecule has 0 bridgehead atoms. The Morgan fingerprint density at radius 1 is 0.833 bits per heavy atom. The highest BCUT2D eigenvalue weighted by molar-refractivity contribution is 9.09. The van der Waals surface area contributed by atoms with Crippen molar-refractivity contribution in [3.05, 3.63) is 0 Å². The Balaban J connectivity index is 3.89. The molecule has 0 atom stereocenters. The molecule has 0 nitrogen and oxygen atoms in total. The molecule has 0 aliphatic heterocycles. The normalized spacial score (nSPS) is 13.5. The van der Waals surface area contributed by atoms with Crippen LogP contribution in [-0.4, -0.2) is 10.7 Å². The Hall–Kier alpha value is 0.960. The van der Waals surface area contributed by atoms with Crippen molar-refractivity contribution in [3.63, 3.8) is 0 Å². The zero-order chi connectivity index (χ0) is 9.83. The molecular weight excluding hydrogens is 280 g/mol. The van der Waals surface area contributed by atoms with E-state index >= 15 is 0 Å². The van der Waals surface area contributed by atoms with Gasteiger partial charge in [-0.25, -0.2) is 0 Å². The monoisotopic (exact) mass is 298 g/mol. The Labute approximate surface area is 93.8 Å². The second-order valence-electron chi connectivity index (χ2n) is 5.14. The first-order chi connectivity index (χ1) is 5.33. The van der Waals surface area contributed by atoms with Crippen molar-refractivity contribution in [2.45, 2.75) is 40.5 Å². The fourth-order valence-corrected chi connectivity index (χ4v) is 2.34. The lowest BCUT2D eigenvalue weighted by molar-refractivity contribution is 0.286. The van der Waals surface area contributed by atoms with Crippen molar-refractivity contribution >= 4 is 31.9 Å². The molecule has 0 N–H and O–H groups in total. The van der Waals surface area contributed by atoms with E-state index in [0.717, 1.165) is 10.7 Å². The van der Waals surface area contributed by atoms with Crippen LogP contribution in [-0.2, 0) is 0 Å². The van der Waals surface area contributed by atoms with Crippen LogP contribution < -0.4 is 0 Å². The molecule has 0 aromatic carbocycles. The summed E-state index contributed by atoms with van der Waals surface area (Å²) in [5.74, 6) is 0. The molecule has 0 aromatic rings. The highest BCUT2D eigenvalue weighted by Crippen LogP contribution is 2.33. The number of rotatable bonds is 4. The van der Waals surface area contributed by atoms with Gasteiger partial charge in [-0.15, -0.1) is 0 Å². The summed E-state index contributed by atoms with van der Waals surface area (Å²) < 4.78 is 0. The van der Waals surface area contributed by atoms with Crippen molar-refractivity contribution in [1.29, 1.82) is 0 Å². The average Bonchev–Trinajstić information content (AvgIpc) is 1.99. The molecule has 0 saturated heterocycles. The largest absolute Gasteiger partial charge is 0.0922 e. The Kier molecular flexibility index (Phi) is 5.39. The summed E-state index contributed by atoms with van der Waals surface area (Å²) in [5.41, 5.74) is 0.888. The fourth-order valence-electron chi connectivity index (χ4n) is 0.846. The number of alkyl halides is 2. The number of halogens is 2. The van der Waals surface area contributed by atoms with Gasteiger partial charge in [0, 0.05) is 10.7 Å². The van der Waals surface area contributed by atoms with Crippen LogP contribution in [0.25, 0.3) is 0 Å². The van der Waals surface area contributed by atoms with E-state index in [1.54, 1.807) is 0 Å². The molecule has 0 amide bonds. The number of hydrogen-bond acceptors (Lipinski definition) is 0. The third-order valence-corrected chi connectivity index (χ3v) is 4.83. The Bertz CT molecular complexity index is 120. The van der Waals surface area contributed by atoms with Gasteiger partial charge < -0.3 is 0 Å². The maximum Gasteiger partial charge on any atom is 0.00933 e. The summed E-state index contributed by atoms with van der Waals surface area (Å²) in [4.78, 5) is 0. The first-order valence-electron chi connectivity index (χ1n) is 4.45. The van der Waals surface area contributed by atoms with E-state index in [1.807, 2.05) is 0 Å². The van der Waals surface area contributed by atoms with Gasteiger partial charge in [0.25, 0.3) is 0 Å². The molecule has 74 valence electrons. The second-order valence-corrected chi connectivity index (χ2v) is 6.26. The van der Waals surface area contributed by atoms with Crippen molar-refractivity contribution in [3.8, 4) is 0 Å². The van der Waals surface area contributed by atoms with E-state index in [-0.39, 0.29) is 0 Å². The van der Waals surface area contributed by atoms with E-state index in [2.05, 4.69) is 59.6 Å². The predicted octanol–water partition coefficient (Wildman–Crippen LogP) is 4.61. The minimum Gasteiger partial charge on any atom is -0.0922 e. The lowest BCUT2D eigenvalue weighted by Gasteiger charge is -2.29. The van der Waals surface area contributed by atoms with Gasteiger partial charge in [-0.1, -0.05) is 59.6 Å². The standard InChI is InChI=1S/C10H20Br2/c1-9(2,3)5-6-10(4,7-11)8-12/h5-8H2,1-4H3. The predicted molar refractivity (Wildman–Crippen MR) is 64.4 cm³/mol. The van der Waals surface area contributed by atoms with Crippen molar-refractivity contribution in [2.24, 2.45) is 10.8 Å². The molecule has 0 heterocycles. The molecule has 0 spiro atoms. The van der Waals surface area contributed by atoms with Crippen LogP contribution in [0.15, 0.2) is 0 Å². The zero-order valence-corrected chi connectivity index (χ0v) is 11.8. The minimum atomic E-state index is 0.424. The molecule has 0 rings (SSSR count). The maximum atomic E-state index is 3.57. The van der Waals surface area contributed by atoms with E-state index in [0.29, 0.717) is 10.8 Å². The van der Waals surface area contributed by atoms with Crippen molar-refractivity contribution < 1.29 is 0 Å². The van der Waals surface area contributed by atoms with Crippen LogP contribution in [0, 0.1) is 10.8 Å². The molecule has 0 radical (unpaired) electrons. The molecule has 0 fully saturated rings. The minimum absolute atomic E-state index is 0.424. The van der Waals surface area contributed by atoms with Crippen LogP contribution in [0.1, 0.15) is 40.5 Å². The molecule has 0 aromatic heterocycles. The summed E-state index contributed by atoms with van der Waals surface area (Å²) in [5, 5.41) is 2.17. The van der Waals surface area contributed by atoms with Gasteiger partial charge in [-0.2, -0.15) is 0 Å². The molecule has 12 heavy (non-hydrogen) atoms. The van der Waals surface area contributed by atoms with Gasteiger partial charge in [0.15, 0.2) is 0 Å². The highest BCUT2D eigenvalue weighted by atomic mass is 79.9. The zero-order valence-electron chi connectivity index (χ0n) is 8.58. The first-order valence-corrected chi connectivity index (χ1v) is 6.69. The Morgan fingerprint density at radius 2 is 1.25 bits per heavy atom. The van der Waals surface area contributed by atoms with Crippen LogP contribution >= 0.6 is 31.9 Å². The lowest BCUT2D eigenvalue weighted by atomic mass is 9.81. The second kappa shape index (κ2) is 4.99. The fraction of sp³-hybridized carbons (Fsp3) is 1.00. The molecule has 0 aliphatic carbocycles. The van der Waals surface area contributed by atoms with Gasteiger partial charge >= 0.3 is 0 Å². The van der Waals surface area contributed by atoms with Gasteiger partial charge in [0.1, 0.15) is 0 Å². The van der Waals surface area contributed by atoms with Crippen LogP contribution in [0.5, 0.6) is 0 Å². The molecular formula is C10H20Br2. The van der Waals surface area contributed by atoms with Gasteiger partial charge in [-0.05, 0) is 23.7 Å². The summed E-state index contributed by atoms with van der Waals surface area (Å²) in [6.07, 6.45) is 2.58. The first kappa shape index (κ1) is 13.0. The third kappa shape index (κ3) is 5.58. The van der Waals surface area contributed by atoms with Crippen LogP contribution in [0.3, 0.4) is 0 Å². The summed E-state index contributed by atoms with van der Waals surface area (Å²) in [6.45, 7) is 9.23. The maximum absolute atomic E-state index is 3.57. The van der Waals surface area contributed by atoms with Crippen molar-refractivity contribution in [1.82, 2.24) is 0 Å². The topological polar surface area (TPSA) is 0 Å². The van der Waals surface area contributed by atoms with Crippen LogP contribution in [0.2, 0.25) is 0 Å². The SMILES string of the molecule is CC(C)(C)CCC(C)(CBr)CBr. The molecule has 0 aliphatic rings. The quantitative estimate of drug-likeness (QED) is 0.665. The summed E-state index contributed by atoms with van der Waals surface area (Å²) in [6, 6.07) is 0. The highest BCUT2D eigenvalue weighted by Gasteiger charge is 2.23. The van der Waals surface area contributed by atoms with Crippen molar-refractivity contribution in [2.75, 3.05) is 10.7 Å². The van der Waals surface area contributed by atoms with E-state index in [1.165, 1.54) is 12.8 Å². The van der Waals surface area contributed by atoms with E-state index in [4.69, 9.17) is 0 Å². The summed E-state index contributed by atoms with van der Waals surface area (Å²) in [7, 11) is 0. The van der Waals surface area contributed by atoms with Gasteiger partial charge in [0.2, 0.25) is 0 Å². The van der Waals surface area contributed by atoms with Gasteiger partial charge in [0.05, 0.1) is 0 Å². The average molecular weight is 300 g/mol. The van der Waals surface area contributed by atoms with Gasteiger partial charge in [-0.3, -0.25) is 0 Å². The molecule has 0 unspecified atom stereocenters. The smallest absolute Gasteiger partial charge is 0.00933 e. The number of hydrogen-bond donors (Lipinski definition) is 0. The molecule has 0 saturated carbocycles. The molecule has 2 heteroatoms. The third-order valence-electron chi connectivity index (χ3n) is 2.12.